The highest BCUT2D eigenvalue weighted by Gasteiger charge is 2.26. The van der Waals surface area contributed by atoms with Gasteiger partial charge >= 0.3 is 18.0 Å². The van der Waals surface area contributed by atoms with Gasteiger partial charge in [-0.15, -0.1) is 0 Å². The number of carbonyl (C=O) groups excluding carboxylic acids is 3. The number of phenolic OH excluding ortho intramolecular Hbond substituents is 1. The molecule has 43 heavy (non-hydrogen) atoms. The number of hydrogen-bond donors (Lipinski definition) is 5. The molecule has 5 N–H and O–H groups in total. The number of aromatic hydroxyl groups is 2. The van der Waals surface area contributed by atoms with Crippen LogP contribution < -0.4 is 20.1 Å². The molecule has 4 aromatic rings. The van der Waals surface area contributed by atoms with Crippen molar-refractivity contribution in [1.29, 1.82) is 0 Å². The Bertz CT molecular complexity index is 1610. The van der Waals surface area contributed by atoms with Crippen LogP contribution in [-0.2, 0) is 0 Å². The number of methoxy groups -OCH3 is 1. The van der Waals surface area contributed by atoms with Crippen LogP contribution in [0.4, 0.5) is 16.2 Å². The summed E-state index contributed by atoms with van der Waals surface area (Å²) in [5.74, 6) is -3.38. The molecule has 0 bridgehead atoms. The first-order valence-electron chi connectivity index (χ1n) is 12.8. The Morgan fingerprint density at radius 1 is 0.744 bits per heavy atom. The number of aldehydes is 1. The number of carboxylic acids is 1. The lowest BCUT2D eigenvalue weighted by molar-refractivity contribution is 0.0681. The minimum atomic E-state index is -1.38. The van der Waals surface area contributed by atoms with Gasteiger partial charge in [-0.05, 0) is 68.3 Å². The number of carboxylic acid groups (broad SMARTS) is 1. The number of carbonyl (C=O) groups is 4. The number of hydrogen-bond acceptors (Lipinski definition) is 8. The molecule has 0 fully saturated rings. The molecule has 0 aromatic heterocycles. The average molecular weight is 587 g/mol. The fourth-order valence-electron chi connectivity index (χ4n) is 4.05. The third-order valence-electron chi connectivity index (χ3n) is 6.22. The highest BCUT2D eigenvalue weighted by molar-refractivity contribution is 6.01. The maximum atomic E-state index is 12.6. The molecule has 0 radical (unpaired) electrons. The van der Waals surface area contributed by atoms with Crippen molar-refractivity contribution in [2.45, 2.75) is 20.8 Å². The first-order valence-corrected chi connectivity index (χ1v) is 12.8. The van der Waals surface area contributed by atoms with Crippen LogP contribution in [-0.4, -0.2) is 46.7 Å². The average Bonchev–Trinajstić information content (AvgIpc) is 2.97. The van der Waals surface area contributed by atoms with Crippen molar-refractivity contribution in [3.05, 3.63) is 106 Å². The summed E-state index contributed by atoms with van der Waals surface area (Å²) in [6, 6.07) is 21.1. The molecule has 0 aliphatic rings. The molecular weight excluding hydrogens is 556 g/mol. The fourth-order valence-corrected chi connectivity index (χ4v) is 4.05. The monoisotopic (exact) mass is 586 g/mol. The lowest BCUT2D eigenvalue weighted by atomic mass is 10.0. The molecule has 0 aliphatic heterocycles. The number of para-hydroxylation sites is 2. The first-order chi connectivity index (χ1) is 20.5. The summed E-state index contributed by atoms with van der Waals surface area (Å²) in [4.78, 5) is 46.8. The zero-order chi connectivity index (χ0) is 31.7. The van der Waals surface area contributed by atoms with Crippen LogP contribution >= 0.6 is 0 Å². The summed E-state index contributed by atoms with van der Waals surface area (Å²) >= 11 is 0. The van der Waals surface area contributed by atoms with Crippen LogP contribution in [0, 0.1) is 20.8 Å². The summed E-state index contributed by atoms with van der Waals surface area (Å²) in [7, 11) is 1.31. The standard InChI is InChI=1S/C19H18O8.C13H12N2O/c1-8-5-13(26-4)11(7-20)17(22)14(8)19(25)27-12-6-9(2)16(21)15(10(12)3)18(23)24;16-13(14-11-7-3-1-4-8-11)15-12-9-5-2-6-10-12/h5-7,21-22H,1-4H3,(H,23,24);1-10H,(H2,14,15,16). The van der Waals surface area contributed by atoms with E-state index in [1.54, 1.807) is 0 Å². The van der Waals surface area contributed by atoms with Crippen molar-refractivity contribution in [3.63, 3.8) is 0 Å². The van der Waals surface area contributed by atoms with Gasteiger partial charge in [0, 0.05) is 16.9 Å². The molecule has 0 aliphatic carbocycles. The van der Waals surface area contributed by atoms with E-state index in [1.807, 2.05) is 60.7 Å². The highest BCUT2D eigenvalue weighted by atomic mass is 16.5. The second-order valence-corrected chi connectivity index (χ2v) is 9.20. The number of phenols is 2. The van der Waals surface area contributed by atoms with Gasteiger partial charge in [-0.1, -0.05) is 36.4 Å². The zero-order valence-electron chi connectivity index (χ0n) is 23.8. The van der Waals surface area contributed by atoms with Crippen LogP contribution in [0.5, 0.6) is 23.0 Å². The van der Waals surface area contributed by atoms with Gasteiger partial charge in [-0.3, -0.25) is 4.79 Å². The molecule has 0 atom stereocenters. The third-order valence-corrected chi connectivity index (χ3v) is 6.22. The number of esters is 1. The van der Waals surface area contributed by atoms with Crippen molar-refractivity contribution >= 4 is 35.6 Å². The molecule has 4 aromatic carbocycles. The molecule has 0 spiro atoms. The molecule has 0 unspecified atom stereocenters. The van der Waals surface area contributed by atoms with E-state index >= 15 is 0 Å². The van der Waals surface area contributed by atoms with Crippen molar-refractivity contribution in [2.24, 2.45) is 0 Å². The summed E-state index contributed by atoms with van der Waals surface area (Å²) in [5, 5.41) is 35.0. The minimum Gasteiger partial charge on any atom is -0.507 e. The van der Waals surface area contributed by atoms with Crippen LogP contribution in [0.1, 0.15) is 47.8 Å². The molecule has 0 heterocycles. The number of ether oxygens (including phenoxy) is 2. The topological polar surface area (TPSA) is 171 Å². The van der Waals surface area contributed by atoms with E-state index in [0.29, 0.717) is 11.8 Å². The van der Waals surface area contributed by atoms with Gasteiger partial charge in [-0.2, -0.15) is 0 Å². The normalized spacial score (nSPS) is 10.0. The molecule has 0 saturated carbocycles. The predicted molar refractivity (Wildman–Crippen MR) is 160 cm³/mol. The van der Waals surface area contributed by atoms with Crippen LogP contribution in [0.2, 0.25) is 0 Å². The van der Waals surface area contributed by atoms with E-state index in [1.165, 1.54) is 40.0 Å². The minimum absolute atomic E-state index is 0.0419. The van der Waals surface area contributed by atoms with Crippen molar-refractivity contribution in [2.75, 3.05) is 17.7 Å². The molecule has 2 amide bonds. The van der Waals surface area contributed by atoms with E-state index in [0.717, 1.165) is 11.4 Å². The lowest BCUT2D eigenvalue weighted by Crippen LogP contribution is -2.19. The molecular formula is C32H30N2O9. The zero-order valence-corrected chi connectivity index (χ0v) is 23.8. The third kappa shape index (κ3) is 7.67. The SMILES string of the molecule is COc1cc(C)c(C(=O)Oc2cc(C)c(O)c(C(=O)O)c2C)c(O)c1C=O.O=C(Nc1ccccc1)Nc1ccccc1. The molecule has 11 nitrogen and oxygen atoms in total. The molecule has 11 heteroatoms. The molecule has 4 rings (SSSR count). The number of rotatable bonds is 7. The Balaban J connectivity index is 0.000000268. The van der Waals surface area contributed by atoms with Crippen LogP contribution in [0.3, 0.4) is 0 Å². The van der Waals surface area contributed by atoms with Crippen molar-refractivity contribution in [1.82, 2.24) is 0 Å². The van der Waals surface area contributed by atoms with Crippen LogP contribution in [0.15, 0.2) is 72.8 Å². The number of nitrogens with one attached hydrogen (secondary N) is 2. The van der Waals surface area contributed by atoms with E-state index in [-0.39, 0.29) is 45.3 Å². The largest absolute Gasteiger partial charge is 0.507 e. The van der Waals surface area contributed by atoms with Gasteiger partial charge < -0.3 is 35.4 Å². The van der Waals surface area contributed by atoms with Crippen molar-refractivity contribution in [3.8, 4) is 23.0 Å². The van der Waals surface area contributed by atoms with Crippen LogP contribution in [0.25, 0.3) is 0 Å². The predicted octanol–water partition coefficient (Wildman–Crippen LogP) is 6.09. The highest BCUT2D eigenvalue weighted by Crippen LogP contribution is 2.36. The summed E-state index contributed by atoms with van der Waals surface area (Å²) in [6.07, 6.45) is 0.350. The van der Waals surface area contributed by atoms with E-state index in [9.17, 15) is 34.5 Å². The van der Waals surface area contributed by atoms with E-state index < -0.39 is 23.4 Å². The Morgan fingerprint density at radius 2 is 1.26 bits per heavy atom. The van der Waals surface area contributed by atoms with Gasteiger partial charge in [0.05, 0.1) is 12.7 Å². The molecule has 222 valence electrons. The van der Waals surface area contributed by atoms with Gasteiger partial charge in [0.15, 0.2) is 6.29 Å². The van der Waals surface area contributed by atoms with E-state index in [2.05, 4.69) is 10.6 Å². The number of benzene rings is 4. The summed E-state index contributed by atoms with van der Waals surface area (Å²) in [5.41, 5.74) is 1.24. The Hall–Kier alpha value is -5.84. The Kier molecular flexibility index (Phi) is 10.4. The first kappa shape index (κ1) is 31.7. The number of aromatic carboxylic acids is 1. The van der Waals surface area contributed by atoms with Gasteiger partial charge in [0.2, 0.25) is 0 Å². The lowest BCUT2D eigenvalue weighted by Gasteiger charge is -2.16. The number of aryl methyl sites for hydroxylation is 2. The number of urea groups is 1. The van der Waals surface area contributed by atoms with Gasteiger partial charge in [-0.25, -0.2) is 14.4 Å². The van der Waals surface area contributed by atoms with Gasteiger partial charge in [0.1, 0.15) is 34.1 Å². The number of anilines is 2. The maximum absolute atomic E-state index is 12.6. The second-order valence-electron chi connectivity index (χ2n) is 9.20. The molecule has 0 saturated heterocycles. The second kappa shape index (κ2) is 14.2. The van der Waals surface area contributed by atoms with Gasteiger partial charge in [0.25, 0.3) is 0 Å². The smallest absolute Gasteiger partial charge is 0.347 e. The fraction of sp³-hybridized carbons (Fsp3) is 0.125. The summed E-state index contributed by atoms with van der Waals surface area (Å²) in [6.45, 7) is 4.35. The van der Waals surface area contributed by atoms with Crippen molar-refractivity contribution < 1.29 is 44.0 Å². The quantitative estimate of drug-likeness (QED) is 0.0976. The number of amides is 2. The Labute approximate surface area is 247 Å². The maximum Gasteiger partial charge on any atom is 0.347 e. The summed E-state index contributed by atoms with van der Waals surface area (Å²) < 4.78 is 10.3. The van der Waals surface area contributed by atoms with E-state index in [4.69, 9.17) is 9.47 Å². The Morgan fingerprint density at radius 3 is 1.72 bits per heavy atom.